The van der Waals surface area contributed by atoms with Gasteiger partial charge in [-0.2, -0.15) is 10.1 Å². The second-order valence-corrected chi connectivity index (χ2v) is 4.64. The van der Waals surface area contributed by atoms with E-state index in [4.69, 9.17) is 9.47 Å². The Balaban J connectivity index is 2.14. The summed E-state index contributed by atoms with van der Waals surface area (Å²) < 4.78 is 10.6. The Morgan fingerprint density at radius 1 is 1.18 bits per heavy atom. The second-order valence-electron chi connectivity index (χ2n) is 4.64. The lowest BCUT2D eigenvalue weighted by Crippen LogP contribution is -2.07. The predicted octanol–water partition coefficient (Wildman–Crippen LogP) is 2.84. The molecule has 0 spiro atoms. The zero-order valence-electron chi connectivity index (χ0n) is 13.1. The Hall–Kier alpha value is -2.57. The van der Waals surface area contributed by atoms with Crippen LogP contribution in [0.2, 0.25) is 0 Å². The molecule has 118 valence electrons. The first-order valence-corrected chi connectivity index (χ1v) is 7.19. The van der Waals surface area contributed by atoms with Gasteiger partial charge in [-0.15, -0.1) is 5.10 Å². The molecule has 0 aliphatic rings. The van der Waals surface area contributed by atoms with Gasteiger partial charge in [-0.3, -0.25) is 0 Å². The molecule has 2 N–H and O–H groups in total. The highest BCUT2D eigenvalue weighted by molar-refractivity contribution is 5.66. The number of benzene rings is 1. The first kappa shape index (κ1) is 15.8. The number of rotatable bonds is 8. The molecule has 2 rings (SSSR count). The van der Waals surface area contributed by atoms with Crippen LogP contribution >= 0.6 is 0 Å². The topological polar surface area (TPSA) is 81.2 Å². The van der Waals surface area contributed by atoms with E-state index in [2.05, 4.69) is 32.7 Å². The van der Waals surface area contributed by atoms with Crippen molar-refractivity contribution in [1.29, 1.82) is 0 Å². The number of hydrogen-bond donors (Lipinski definition) is 2. The summed E-state index contributed by atoms with van der Waals surface area (Å²) in [6, 6.07) is 5.50. The molecule has 22 heavy (non-hydrogen) atoms. The van der Waals surface area contributed by atoms with Gasteiger partial charge in [0.1, 0.15) is 11.5 Å². The van der Waals surface area contributed by atoms with Gasteiger partial charge in [-0.25, -0.2) is 0 Å². The number of methoxy groups -OCH3 is 2. The van der Waals surface area contributed by atoms with Crippen molar-refractivity contribution in [3.63, 3.8) is 0 Å². The Morgan fingerprint density at radius 2 is 2.05 bits per heavy atom. The molecule has 0 aliphatic heterocycles. The zero-order chi connectivity index (χ0) is 15.8. The molecule has 0 bridgehead atoms. The fourth-order valence-electron chi connectivity index (χ4n) is 1.87. The van der Waals surface area contributed by atoms with Crippen LogP contribution in [0.3, 0.4) is 0 Å². The largest absolute Gasteiger partial charge is 0.497 e. The SMILES string of the molecule is CCCCNc1nncc(Nc2cc(OC)ccc2OC)n1. The van der Waals surface area contributed by atoms with Crippen molar-refractivity contribution >= 4 is 17.5 Å². The van der Waals surface area contributed by atoms with Crippen LogP contribution in [0, 0.1) is 0 Å². The molecule has 0 fully saturated rings. The molecule has 0 amide bonds. The standard InChI is InChI=1S/C15H21N5O2/c1-4-5-8-16-15-19-14(10-17-20-15)18-12-9-11(21-2)6-7-13(12)22-3/h6-7,9-10H,4-5,8H2,1-3H3,(H2,16,18,19,20). The van der Waals surface area contributed by atoms with Gasteiger partial charge in [0.15, 0.2) is 5.82 Å². The molecule has 0 saturated carbocycles. The van der Waals surface area contributed by atoms with E-state index in [9.17, 15) is 0 Å². The third-order valence-electron chi connectivity index (χ3n) is 3.04. The van der Waals surface area contributed by atoms with Crippen LogP contribution in [0.1, 0.15) is 19.8 Å². The van der Waals surface area contributed by atoms with Gasteiger partial charge >= 0.3 is 0 Å². The quantitative estimate of drug-likeness (QED) is 0.726. The molecular formula is C15H21N5O2. The van der Waals surface area contributed by atoms with E-state index in [1.54, 1.807) is 20.4 Å². The smallest absolute Gasteiger partial charge is 0.244 e. The lowest BCUT2D eigenvalue weighted by atomic mass is 10.2. The van der Waals surface area contributed by atoms with Crippen molar-refractivity contribution < 1.29 is 9.47 Å². The van der Waals surface area contributed by atoms with Gasteiger partial charge < -0.3 is 20.1 Å². The first-order valence-electron chi connectivity index (χ1n) is 7.19. The number of nitrogens with one attached hydrogen (secondary N) is 2. The average Bonchev–Trinajstić information content (AvgIpc) is 2.55. The number of aromatic nitrogens is 3. The predicted molar refractivity (Wildman–Crippen MR) is 86.1 cm³/mol. The fourth-order valence-corrected chi connectivity index (χ4v) is 1.87. The number of nitrogens with zero attached hydrogens (tertiary/aromatic N) is 3. The summed E-state index contributed by atoms with van der Waals surface area (Å²) >= 11 is 0. The summed E-state index contributed by atoms with van der Waals surface area (Å²) in [5.41, 5.74) is 0.752. The van der Waals surface area contributed by atoms with Crippen LogP contribution in [0.25, 0.3) is 0 Å². The fraction of sp³-hybridized carbons (Fsp3) is 0.400. The highest BCUT2D eigenvalue weighted by Gasteiger charge is 2.07. The van der Waals surface area contributed by atoms with E-state index >= 15 is 0 Å². The molecule has 0 radical (unpaired) electrons. The molecule has 0 aliphatic carbocycles. The van der Waals surface area contributed by atoms with Gasteiger partial charge in [-0.05, 0) is 18.6 Å². The third kappa shape index (κ3) is 4.21. The van der Waals surface area contributed by atoms with Crippen LogP contribution in [-0.2, 0) is 0 Å². The van der Waals surface area contributed by atoms with Crippen molar-refractivity contribution in [2.45, 2.75) is 19.8 Å². The van der Waals surface area contributed by atoms with E-state index < -0.39 is 0 Å². The van der Waals surface area contributed by atoms with Crippen LogP contribution in [-0.4, -0.2) is 35.9 Å². The summed E-state index contributed by atoms with van der Waals surface area (Å²) in [5, 5.41) is 14.2. The number of anilines is 3. The minimum absolute atomic E-state index is 0.500. The van der Waals surface area contributed by atoms with Crippen LogP contribution < -0.4 is 20.1 Å². The molecule has 0 atom stereocenters. The van der Waals surface area contributed by atoms with E-state index in [0.717, 1.165) is 30.8 Å². The molecule has 1 aromatic carbocycles. The summed E-state index contributed by atoms with van der Waals surface area (Å²) in [7, 11) is 3.23. The van der Waals surface area contributed by atoms with Crippen LogP contribution in [0.15, 0.2) is 24.4 Å². The summed E-state index contributed by atoms with van der Waals surface area (Å²) in [4.78, 5) is 4.38. The Labute approximate surface area is 130 Å². The van der Waals surface area contributed by atoms with E-state index in [-0.39, 0.29) is 0 Å². The van der Waals surface area contributed by atoms with Gasteiger partial charge in [0.2, 0.25) is 5.95 Å². The molecule has 1 heterocycles. The van der Waals surface area contributed by atoms with Crippen LogP contribution in [0.4, 0.5) is 17.5 Å². The summed E-state index contributed by atoms with van der Waals surface area (Å²) in [6.07, 6.45) is 3.73. The molecular weight excluding hydrogens is 282 g/mol. The van der Waals surface area contributed by atoms with Gasteiger partial charge in [-0.1, -0.05) is 13.3 Å². The maximum absolute atomic E-state index is 5.33. The Kier molecular flexibility index (Phi) is 5.76. The lowest BCUT2D eigenvalue weighted by molar-refractivity contribution is 0.405. The highest BCUT2D eigenvalue weighted by Crippen LogP contribution is 2.30. The van der Waals surface area contributed by atoms with Gasteiger partial charge in [0, 0.05) is 12.6 Å². The highest BCUT2D eigenvalue weighted by atomic mass is 16.5. The van der Waals surface area contributed by atoms with Crippen molar-refractivity contribution in [3.05, 3.63) is 24.4 Å². The molecule has 1 aromatic heterocycles. The average molecular weight is 303 g/mol. The maximum atomic E-state index is 5.33. The number of hydrogen-bond acceptors (Lipinski definition) is 7. The summed E-state index contributed by atoms with van der Waals surface area (Å²) in [6.45, 7) is 2.96. The normalized spacial score (nSPS) is 10.1. The Bertz CT molecular complexity index is 606. The van der Waals surface area contributed by atoms with E-state index in [1.165, 1.54) is 0 Å². The maximum Gasteiger partial charge on any atom is 0.244 e. The van der Waals surface area contributed by atoms with Crippen molar-refractivity contribution in [3.8, 4) is 11.5 Å². The summed E-state index contributed by atoms with van der Waals surface area (Å²) in [5.74, 6) is 2.51. The number of ether oxygens (including phenoxy) is 2. The van der Waals surface area contributed by atoms with Gasteiger partial charge in [0.05, 0.1) is 26.1 Å². The minimum atomic E-state index is 0.500. The molecule has 7 heteroatoms. The van der Waals surface area contributed by atoms with Gasteiger partial charge in [0.25, 0.3) is 0 Å². The van der Waals surface area contributed by atoms with Crippen molar-refractivity contribution in [2.24, 2.45) is 0 Å². The zero-order valence-corrected chi connectivity index (χ0v) is 13.1. The van der Waals surface area contributed by atoms with Crippen molar-refractivity contribution in [1.82, 2.24) is 15.2 Å². The molecule has 0 unspecified atom stereocenters. The lowest BCUT2D eigenvalue weighted by Gasteiger charge is -2.12. The van der Waals surface area contributed by atoms with Crippen LogP contribution in [0.5, 0.6) is 11.5 Å². The van der Waals surface area contributed by atoms with Crippen molar-refractivity contribution in [2.75, 3.05) is 31.4 Å². The molecule has 2 aromatic rings. The monoisotopic (exact) mass is 303 g/mol. The third-order valence-corrected chi connectivity index (χ3v) is 3.04. The van der Waals surface area contributed by atoms with E-state index in [0.29, 0.717) is 17.5 Å². The first-order chi connectivity index (χ1) is 10.8. The molecule has 7 nitrogen and oxygen atoms in total. The minimum Gasteiger partial charge on any atom is -0.497 e. The Morgan fingerprint density at radius 3 is 2.77 bits per heavy atom. The molecule has 0 saturated heterocycles. The second kappa shape index (κ2) is 8.02. The van der Waals surface area contributed by atoms with E-state index in [1.807, 2.05) is 18.2 Å². The number of unbranched alkanes of at least 4 members (excludes halogenated alkanes) is 1.